The fourth-order valence-corrected chi connectivity index (χ4v) is 1.42. The lowest BCUT2D eigenvalue weighted by Gasteiger charge is -2.19. The average Bonchev–Trinajstić information content (AvgIpc) is 2.13. The van der Waals surface area contributed by atoms with E-state index in [2.05, 4.69) is 0 Å². The van der Waals surface area contributed by atoms with Gasteiger partial charge in [0, 0.05) is 6.54 Å². The molecular weight excluding hydrogens is 252 g/mol. The van der Waals surface area contributed by atoms with Crippen LogP contribution in [0.25, 0.3) is 0 Å². The van der Waals surface area contributed by atoms with Crippen LogP contribution in [0.15, 0.2) is 12.1 Å². The maximum absolute atomic E-state index is 12.5. The van der Waals surface area contributed by atoms with E-state index in [9.17, 15) is 26.3 Å². The number of phenolic OH excluding ortho intramolecular Hbond substituents is 1. The number of benzene rings is 1. The molecule has 17 heavy (non-hydrogen) atoms. The van der Waals surface area contributed by atoms with Gasteiger partial charge in [-0.15, -0.1) is 0 Å². The maximum Gasteiger partial charge on any atom is 0.420 e. The Balaban J connectivity index is 3.67. The van der Waals surface area contributed by atoms with E-state index >= 15 is 0 Å². The van der Waals surface area contributed by atoms with Crippen molar-refractivity contribution in [3.63, 3.8) is 0 Å². The lowest BCUT2D eigenvalue weighted by Crippen LogP contribution is -2.20. The molecule has 0 atom stereocenters. The molecule has 0 aliphatic heterocycles. The zero-order chi connectivity index (χ0) is 13.4. The van der Waals surface area contributed by atoms with Crippen molar-refractivity contribution in [2.45, 2.75) is 18.9 Å². The van der Waals surface area contributed by atoms with Crippen LogP contribution in [0.3, 0.4) is 0 Å². The highest BCUT2D eigenvalue weighted by Crippen LogP contribution is 2.45. The smallest absolute Gasteiger partial charge is 0.420 e. The molecule has 1 rings (SSSR count). The predicted octanol–water partition coefficient (Wildman–Crippen LogP) is 2.89. The Hall–Kier alpha value is -1.44. The van der Waals surface area contributed by atoms with Crippen LogP contribution in [0, 0.1) is 0 Å². The molecule has 0 radical (unpaired) electrons. The average molecular weight is 259 g/mol. The molecule has 0 amide bonds. The molecule has 0 saturated carbocycles. The van der Waals surface area contributed by atoms with E-state index in [1.165, 1.54) is 0 Å². The standard InChI is InChI=1S/C9H7F6NO/c10-8(11,12)6-4(3-16)1-2-5(17)7(6)9(13,14)15/h1-2,17H,3,16H2. The minimum absolute atomic E-state index is 0.542. The number of phenols is 1. The van der Waals surface area contributed by atoms with Crippen molar-refractivity contribution in [1.82, 2.24) is 0 Å². The highest BCUT2D eigenvalue weighted by atomic mass is 19.4. The van der Waals surface area contributed by atoms with Gasteiger partial charge in [-0.1, -0.05) is 6.07 Å². The summed E-state index contributed by atoms with van der Waals surface area (Å²) in [5, 5.41) is 8.95. The second-order valence-corrected chi connectivity index (χ2v) is 3.19. The lowest BCUT2D eigenvalue weighted by atomic mass is 9.99. The Labute approximate surface area is 91.7 Å². The van der Waals surface area contributed by atoms with Crippen LogP contribution < -0.4 is 5.73 Å². The molecule has 0 spiro atoms. The van der Waals surface area contributed by atoms with Gasteiger partial charge in [0.05, 0.1) is 5.56 Å². The lowest BCUT2D eigenvalue weighted by molar-refractivity contribution is -0.163. The number of rotatable bonds is 1. The van der Waals surface area contributed by atoms with Crippen LogP contribution >= 0.6 is 0 Å². The molecule has 0 heterocycles. The van der Waals surface area contributed by atoms with E-state index in [1.807, 2.05) is 0 Å². The van der Waals surface area contributed by atoms with Crippen molar-refractivity contribution >= 4 is 0 Å². The summed E-state index contributed by atoms with van der Waals surface area (Å²) in [5.41, 5.74) is 0.200. The van der Waals surface area contributed by atoms with Gasteiger partial charge in [0.25, 0.3) is 0 Å². The zero-order valence-corrected chi connectivity index (χ0v) is 8.15. The van der Waals surface area contributed by atoms with Crippen LogP contribution in [0.5, 0.6) is 5.75 Å². The number of nitrogens with two attached hydrogens (primary N) is 1. The second-order valence-electron chi connectivity index (χ2n) is 3.19. The van der Waals surface area contributed by atoms with Gasteiger partial charge in [0.15, 0.2) is 0 Å². The summed E-state index contributed by atoms with van der Waals surface area (Å²) in [4.78, 5) is 0. The van der Waals surface area contributed by atoms with Crippen molar-refractivity contribution in [2.75, 3.05) is 0 Å². The Morgan fingerprint density at radius 3 is 1.76 bits per heavy atom. The first-order valence-corrected chi connectivity index (χ1v) is 4.28. The monoisotopic (exact) mass is 259 g/mol. The molecule has 8 heteroatoms. The second kappa shape index (κ2) is 4.10. The Morgan fingerprint density at radius 1 is 0.941 bits per heavy atom. The molecule has 0 saturated heterocycles. The van der Waals surface area contributed by atoms with Crippen LogP contribution in [-0.4, -0.2) is 5.11 Å². The van der Waals surface area contributed by atoms with Crippen molar-refractivity contribution in [3.8, 4) is 5.75 Å². The van der Waals surface area contributed by atoms with Crippen LogP contribution in [-0.2, 0) is 18.9 Å². The van der Waals surface area contributed by atoms with Gasteiger partial charge in [-0.05, 0) is 11.6 Å². The number of halogens is 6. The molecule has 1 aromatic rings. The van der Waals surface area contributed by atoms with E-state index in [1.54, 1.807) is 0 Å². The third kappa shape index (κ3) is 2.63. The molecule has 0 fully saturated rings. The molecule has 96 valence electrons. The van der Waals surface area contributed by atoms with E-state index in [4.69, 9.17) is 10.8 Å². The quantitative estimate of drug-likeness (QED) is 0.762. The zero-order valence-electron chi connectivity index (χ0n) is 8.15. The van der Waals surface area contributed by atoms with Crippen molar-refractivity contribution < 1.29 is 31.4 Å². The number of alkyl halides is 6. The highest BCUT2D eigenvalue weighted by molar-refractivity contribution is 5.47. The SMILES string of the molecule is NCc1ccc(O)c(C(F)(F)F)c1C(F)(F)F. The summed E-state index contributed by atoms with van der Waals surface area (Å²) in [6.07, 6.45) is -10.5. The number of aromatic hydroxyl groups is 1. The molecule has 0 aromatic heterocycles. The normalized spacial score (nSPS) is 12.9. The van der Waals surface area contributed by atoms with Crippen molar-refractivity contribution in [3.05, 3.63) is 28.8 Å². The molecule has 0 aliphatic carbocycles. The maximum atomic E-state index is 12.5. The van der Waals surface area contributed by atoms with Crippen molar-refractivity contribution in [2.24, 2.45) is 5.73 Å². The molecule has 0 bridgehead atoms. The first-order chi connectivity index (χ1) is 7.59. The third-order valence-electron chi connectivity index (χ3n) is 2.06. The van der Waals surface area contributed by atoms with Gasteiger partial charge in [-0.25, -0.2) is 0 Å². The van der Waals surface area contributed by atoms with Crippen molar-refractivity contribution in [1.29, 1.82) is 0 Å². The fourth-order valence-electron chi connectivity index (χ4n) is 1.42. The molecule has 0 unspecified atom stereocenters. The van der Waals surface area contributed by atoms with Crippen LogP contribution in [0.2, 0.25) is 0 Å². The fraction of sp³-hybridized carbons (Fsp3) is 0.333. The van der Waals surface area contributed by atoms with Crippen LogP contribution in [0.1, 0.15) is 16.7 Å². The topological polar surface area (TPSA) is 46.2 Å². The first kappa shape index (κ1) is 13.6. The summed E-state index contributed by atoms with van der Waals surface area (Å²) >= 11 is 0. The predicted molar refractivity (Wildman–Crippen MR) is 46.0 cm³/mol. The number of hydrogen-bond acceptors (Lipinski definition) is 2. The summed E-state index contributed by atoms with van der Waals surface area (Å²) in [6, 6.07) is 1.26. The molecule has 0 aliphatic rings. The van der Waals surface area contributed by atoms with Gasteiger partial charge in [0.1, 0.15) is 11.3 Å². The van der Waals surface area contributed by atoms with Gasteiger partial charge in [-0.3, -0.25) is 0 Å². The minimum Gasteiger partial charge on any atom is -0.507 e. The summed E-state index contributed by atoms with van der Waals surface area (Å²) in [6.45, 7) is -0.710. The van der Waals surface area contributed by atoms with Gasteiger partial charge >= 0.3 is 12.4 Å². The van der Waals surface area contributed by atoms with E-state index in [-0.39, 0.29) is 0 Å². The van der Waals surface area contributed by atoms with E-state index in [0.717, 1.165) is 0 Å². The number of hydrogen-bond donors (Lipinski definition) is 2. The molecular formula is C9H7F6NO. The van der Waals surface area contributed by atoms with Gasteiger partial charge in [-0.2, -0.15) is 26.3 Å². The Morgan fingerprint density at radius 2 is 1.41 bits per heavy atom. The molecule has 1 aromatic carbocycles. The van der Waals surface area contributed by atoms with Crippen LogP contribution in [0.4, 0.5) is 26.3 Å². The summed E-state index contributed by atoms with van der Waals surface area (Å²) in [5.74, 6) is -1.47. The third-order valence-corrected chi connectivity index (χ3v) is 2.06. The largest absolute Gasteiger partial charge is 0.507 e. The first-order valence-electron chi connectivity index (χ1n) is 4.28. The highest BCUT2D eigenvalue weighted by Gasteiger charge is 2.46. The Bertz CT molecular complexity index is 423. The van der Waals surface area contributed by atoms with Gasteiger partial charge < -0.3 is 10.8 Å². The molecule has 3 N–H and O–H groups in total. The van der Waals surface area contributed by atoms with E-state index < -0.39 is 41.3 Å². The summed E-state index contributed by atoms with van der Waals surface area (Å²) < 4.78 is 75.0. The summed E-state index contributed by atoms with van der Waals surface area (Å²) in [7, 11) is 0. The van der Waals surface area contributed by atoms with Gasteiger partial charge in [0.2, 0.25) is 0 Å². The molecule has 2 nitrogen and oxygen atoms in total. The Kier molecular flexibility index (Phi) is 3.28. The van der Waals surface area contributed by atoms with E-state index in [0.29, 0.717) is 12.1 Å². The minimum atomic E-state index is -5.31.